The molecule has 2 aromatic rings. The quantitative estimate of drug-likeness (QED) is 0.666. The van der Waals surface area contributed by atoms with Gasteiger partial charge in [0.2, 0.25) is 5.91 Å². The second-order valence-electron chi connectivity index (χ2n) is 10.7. The van der Waals surface area contributed by atoms with Crippen LogP contribution in [0.2, 0.25) is 0 Å². The molecule has 0 atom stereocenters. The maximum Gasteiger partial charge on any atom is 0.320 e. The van der Waals surface area contributed by atoms with Crippen LogP contribution in [0.3, 0.4) is 0 Å². The minimum Gasteiger partial charge on any atom is -0.459 e. The number of ether oxygens (including phenoxy) is 1. The van der Waals surface area contributed by atoms with Gasteiger partial charge in [0.15, 0.2) is 5.82 Å². The smallest absolute Gasteiger partial charge is 0.320 e. The topological polar surface area (TPSA) is 84.4 Å². The average Bonchev–Trinajstić information content (AvgIpc) is 2.70. The number of hydrogen-bond acceptors (Lipinski definition) is 6. The number of carbonyl (C=O) groups excluding carboxylic acids is 2. The first-order valence-corrected chi connectivity index (χ1v) is 11.6. The Kier molecular flexibility index (Phi) is 7.52. The van der Waals surface area contributed by atoms with Gasteiger partial charge < -0.3 is 10.1 Å². The van der Waals surface area contributed by atoms with E-state index in [4.69, 9.17) is 4.74 Å². The number of hydrogen-bond donors (Lipinski definition) is 1. The minimum absolute atomic E-state index is 0.0921. The Hall–Kier alpha value is -2.80. The Morgan fingerprint density at radius 1 is 1.06 bits per heavy atom. The molecule has 0 bridgehead atoms. The van der Waals surface area contributed by atoms with Crippen molar-refractivity contribution in [3.05, 3.63) is 53.0 Å². The van der Waals surface area contributed by atoms with Crippen LogP contribution in [0.5, 0.6) is 0 Å². The molecule has 0 saturated heterocycles. The summed E-state index contributed by atoms with van der Waals surface area (Å²) in [7, 11) is 0. The first-order valence-electron chi connectivity index (χ1n) is 11.6. The predicted molar refractivity (Wildman–Crippen MR) is 129 cm³/mol. The van der Waals surface area contributed by atoms with Gasteiger partial charge >= 0.3 is 5.97 Å². The largest absolute Gasteiger partial charge is 0.459 e. The first-order chi connectivity index (χ1) is 15.4. The highest BCUT2D eigenvalue weighted by atomic mass is 16.6. The van der Waals surface area contributed by atoms with Crippen LogP contribution < -0.4 is 5.32 Å². The van der Waals surface area contributed by atoms with Crippen LogP contribution >= 0.6 is 0 Å². The van der Waals surface area contributed by atoms with Gasteiger partial charge in [0, 0.05) is 25.9 Å². The van der Waals surface area contributed by atoms with E-state index in [0.29, 0.717) is 31.6 Å². The van der Waals surface area contributed by atoms with Crippen LogP contribution in [-0.4, -0.2) is 45.4 Å². The molecule has 1 aliphatic heterocycles. The second kappa shape index (κ2) is 10.00. The Balaban J connectivity index is 1.53. The molecule has 1 N–H and O–H groups in total. The molecule has 178 valence electrons. The van der Waals surface area contributed by atoms with E-state index >= 15 is 0 Å². The summed E-state index contributed by atoms with van der Waals surface area (Å²) in [5, 5.41) is 2.86. The molecule has 0 saturated carbocycles. The van der Waals surface area contributed by atoms with Crippen molar-refractivity contribution in [1.29, 1.82) is 0 Å². The van der Waals surface area contributed by atoms with E-state index in [1.165, 1.54) is 5.56 Å². The predicted octanol–water partition coefficient (Wildman–Crippen LogP) is 4.05. The Morgan fingerprint density at radius 3 is 2.39 bits per heavy atom. The Labute approximate surface area is 197 Å². The first kappa shape index (κ1) is 24.8. The maximum atomic E-state index is 12.5. The lowest BCUT2D eigenvalue weighted by Gasteiger charge is -2.28. The van der Waals surface area contributed by atoms with Crippen LogP contribution in [0.4, 0.5) is 5.82 Å². The van der Waals surface area contributed by atoms with E-state index in [1.54, 1.807) is 6.20 Å². The number of nitrogens with one attached hydrogen (secondary N) is 1. The molecule has 0 radical (unpaired) electrons. The average molecular weight is 453 g/mol. The standard InChI is InChI=1S/C26H36N4O3/c1-25(2,3)19-10-7-18(8-11-19)9-12-23(31)29-22-15-27-20-13-14-30(16-21(20)28-22)17-24(32)33-26(4,5)6/h7-8,10-11,15H,9,12-14,16-17H2,1-6H3,(H,28,29,31). The summed E-state index contributed by atoms with van der Waals surface area (Å²) in [5.41, 5.74) is 3.72. The zero-order valence-electron chi connectivity index (χ0n) is 20.7. The third kappa shape index (κ3) is 7.63. The highest BCUT2D eigenvalue weighted by Crippen LogP contribution is 2.23. The van der Waals surface area contributed by atoms with Crippen molar-refractivity contribution in [2.75, 3.05) is 18.4 Å². The third-order valence-electron chi connectivity index (χ3n) is 5.47. The number of anilines is 1. The summed E-state index contributed by atoms with van der Waals surface area (Å²) >= 11 is 0. The monoisotopic (exact) mass is 452 g/mol. The molecular formula is C26H36N4O3. The number of esters is 1. The highest BCUT2D eigenvalue weighted by molar-refractivity contribution is 5.89. The molecule has 0 fully saturated rings. The molecule has 0 aliphatic carbocycles. The van der Waals surface area contributed by atoms with Crippen LogP contribution in [0.25, 0.3) is 0 Å². The van der Waals surface area contributed by atoms with Crippen molar-refractivity contribution >= 4 is 17.7 Å². The number of nitrogens with zero attached hydrogens (tertiary/aromatic N) is 3. The summed E-state index contributed by atoms with van der Waals surface area (Å²) in [6, 6.07) is 8.44. The number of aromatic nitrogens is 2. The molecule has 33 heavy (non-hydrogen) atoms. The zero-order valence-corrected chi connectivity index (χ0v) is 20.7. The number of rotatable bonds is 6. The molecule has 1 amide bonds. The van der Waals surface area contributed by atoms with Gasteiger partial charge in [-0.2, -0.15) is 0 Å². The van der Waals surface area contributed by atoms with E-state index in [9.17, 15) is 9.59 Å². The van der Waals surface area contributed by atoms with Crippen molar-refractivity contribution in [3.8, 4) is 0 Å². The lowest BCUT2D eigenvalue weighted by atomic mass is 9.86. The summed E-state index contributed by atoms with van der Waals surface area (Å²) in [4.78, 5) is 35.7. The van der Waals surface area contributed by atoms with E-state index in [2.05, 4.69) is 60.3 Å². The molecule has 1 aliphatic rings. The SMILES string of the molecule is CC(C)(C)OC(=O)CN1CCc2ncc(NC(=O)CCc3ccc(C(C)(C)C)cc3)nc2C1. The van der Waals surface area contributed by atoms with E-state index in [0.717, 1.165) is 23.5 Å². The van der Waals surface area contributed by atoms with Gasteiger partial charge in [-0.05, 0) is 43.7 Å². The number of benzene rings is 1. The summed E-state index contributed by atoms with van der Waals surface area (Å²) in [6.07, 6.45) is 3.36. The van der Waals surface area contributed by atoms with E-state index in [-0.39, 0.29) is 23.8 Å². The molecule has 3 rings (SSSR count). The molecule has 1 aromatic heterocycles. The Bertz CT molecular complexity index is 988. The molecule has 7 nitrogen and oxygen atoms in total. The number of fused-ring (bicyclic) bond motifs is 1. The maximum absolute atomic E-state index is 12.5. The van der Waals surface area contributed by atoms with Crippen molar-refractivity contribution in [1.82, 2.24) is 14.9 Å². The minimum atomic E-state index is -0.503. The fourth-order valence-corrected chi connectivity index (χ4v) is 3.73. The van der Waals surface area contributed by atoms with E-state index < -0.39 is 5.60 Å². The molecule has 2 heterocycles. The zero-order chi connectivity index (χ0) is 24.2. The van der Waals surface area contributed by atoms with Crippen LogP contribution in [0.1, 0.15) is 70.5 Å². The van der Waals surface area contributed by atoms with Crippen molar-refractivity contribution in [3.63, 3.8) is 0 Å². The lowest BCUT2D eigenvalue weighted by Crippen LogP contribution is -2.38. The number of amides is 1. The highest BCUT2D eigenvalue weighted by Gasteiger charge is 2.24. The van der Waals surface area contributed by atoms with Gasteiger partial charge in [0.05, 0.1) is 24.1 Å². The summed E-state index contributed by atoms with van der Waals surface area (Å²) < 4.78 is 5.42. The van der Waals surface area contributed by atoms with Crippen molar-refractivity contribution < 1.29 is 14.3 Å². The van der Waals surface area contributed by atoms with Gasteiger partial charge in [0.25, 0.3) is 0 Å². The third-order valence-corrected chi connectivity index (χ3v) is 5.47. The fraction of sp³-hybridized carbons (Fsp3) is 0.538. The molecule has 0 unspecified atom stereocenters. The van der Waals surface area contributed by atoms with Gasteiger partial charge in [-0.3, -0.25) is 19.5 Å². The van der Waals surface area contributed by atoms with E-state index in [1.807, 2.05) is 25.7 Å². The molecular weight excluding hydrogens is 416 g/mol. The van der Waals surface area contributed by atoms with Gasteiger partial charge in [-0.25, -0.2) is 4.98 Å². The Morgan fingerprint density at radius 2 is 1.76 bits per heavy atom. The summed E-state index contributed by atoms with van der Waals surface area (Å²) in [6.45, 7) is 13.6. The number of carbonyl (C=O) groups is 2. The molecule has 1 aromatic carbocycles. The fourth-order valence-electron chi connectivity index (χ4n) is 3.73. The van der Waals surface area contributed by atoms with Crippen molar-refractivity contribution in [2.24, 2.45) is 0 Å². The van der Waals surface area contributed by atoms with Gasteiger partial charge in [0.1, 0.15) is 5.60 Å². The van der Waals surface area contributed by atoms with Gasteiger partial charge in [-0.15, -0.1) is 0 Å². The van der Waals surface area contributed by atoms with Crippen LogP contribution in [0.15, 0.2) is 30.5 Å². The molecule has 0 spiro atoms. The normalized spacial score (nSPS) is 14.5. The lowest BCUT2D eigenvalue weighted by molar-refractivity contribution is -0.156. The second-order valence-corrected chi connectivity index (χ2v) is 10.7. The van der Waals surface area contributed by atoms with Crippen LogP contribution in [0, 0.1) is 0 Å². The molecule has 7 heteroatoms. The van der Waals surface area contributed by atoms with Crippen molar-refractivity contribution in [2.45, 2.75) is 78.4 Å². The summed E-state index contributed by atoms with van der Waals surface area (Å²) in [5.74, 6) is 0.102. The van der Waals surface area contributed by atoms with Gasteiger partial charge in [-0.1, -0.05) is 45.0 Å². The number of aryl methyl sites for hydroxylation is 1. The van der Waals surface area contributed by atoms with Crippen LogP contribution in [-0.2, 0) is 39.1 Å².